The Morgan fingerprint density at radius 2 is 2.32 bits per heavy atom. The van der Waals surface area contributed by atoms with Gasteiger partial charge in [0.2, 0.25) is 5.91 Å². The molecule has 1 saturated heterocycles. The first-order valence-corrected chi connectivity index (χ1v) is 7.91. The fourth-order valence-corrected chi connectivity index (χ4v) is 3.56. The Kier molecular flexibility index (Phi) is 4.58. The van der Waals surface area contributed by atoms with Crippen molar-refractivity contribution >= 4 is 22.4 Å². The van der Waals surface area contributed by atoms with E-state index < -0.39 is 0 Å². The number of amides is 1. The van der Waals surface area contributed by atoms with E-state index in [2.05, 4.69) is 36.4 Å². The summed E-state index contributed by atoms with van der Waals surface area (Å²) in [5.41, 5.74) is 0.831. The number of nitrogens with one attached hydrogen (secondary N) is 2. The Hall–Kier alpha value is -0.940. The predicted octanol–water partition coefficient (Wildman–Crippen LogP) is 2.73. The van der Waals surface area contributed by atoms with Gasteiger partial charge in [0.25, 0.3) is 0 Å². The van der Waals surface area contributed by atoms with E-state index in [1.807, 2.05) is 0 Å². The van der Waals surface area contributed by atoms with E-state index in [0.29, 0.717) is 0 Å². The molecule has 0 bridgehead atoms. The zero-order valence-electron chi connectivity index (χ0n) is 12.0. The molecule has 2 rings (SSSR count). The Balaban J connectivity index is 2.10. The van der Waals surface area contributed by atoms with Crippen molar-refractivity contribution in [1.29, 1.82) is 0 Å². The number of nitrogens with zero attached hydrogens (tertiary/aromatic N) is 1. The molecule has 1 aromatic heterocycles. The summed E-state index contributed by atoms with van der Waals surface area (Å²) in [5.74, 6) is 0.124. The molecule has 1 atom stereocenters. The van der Waals surface area contributed by atoms with Crippen LogP contribution in [0.1, 0.15) is 43.7 Å². The average molecular weight is 281 g/mol. The molecule has 1 aliphatic rings. The molecule has 1 unspecified atom stereocenters. The lowest BCUT2D eigenvalue weighted by Gasteiger charge is -2.35. The zero-order chi connectivity index (χ0) is 13.9. The summed E-state index contributed by atoms with van der Waals surface area (Å²) in [6.07, 6.45) is 3.82. The maximum Gasteiger partial charge on any atom is 0.233 e. The number of aryl methyl sites for hydroxylation is 2. The number of hydrogen-bond acceptors (Lipinski definition) is 4. The molecular weight excluding hydrogens is 258 g/mol. The van der Waals surface area contributed by atoms with E-state index in [4.69, 9.17) is 0 Å². The van der Waals surface area contributed by atoms with Gasteiger partial charge in [0.15, 0.2) is 5.13 Å². The van der Waals surface area contributed by atoms with Crippen molar-refractivity contribution in [1.82, 2.24) is 10.3 Å². The largest absolute Gasteiger partial charge is 0.316 e. The second-order valence-electron chi connectivity index (χ2n) is 5.24. The van der Waals surface area contributed by atoms with Crippen LogP contribution in [0.4, 0.5) is 5.13 Å². The number of piperidine rings is 1. The first kappa shape index (κ1) is 14.5. The van der Waals surface area contributed by atoms with Crippen LogP contribution < -0.4 is 10.6 Å². The van der Waals surface area contributed by atoms with Crippen molar-refractivity contribution in [3.05, 3.63) is 10.6 Å². The maximum absolute atomic E-state index is 12.5. The molecule has 0 aliphatic carbocycles. The Bertz CT molecular complexity index is 450. The highest BCUT2D eigenvalue weighted by molar-refractivity contribution is 7.15. The molecule has 106 valence electrons. The second-order valence-corrected chi connectivity index (χ2v) is 6.45. The van der Waals surface area contributed by atoms with Crippen LogP contribution in [0.5, 0.6) is 0 Å². The van der Waals surface area contributed by atoms with E-state index in [0.717, 1.165) is 49.6 Å². The van der Waals surface area contributed by atoms with Crippen molar-refractivity contribution in [3.8, 4) is 0 Å². The number of carbonyl (C=O) groups excluding carboxylic acids is 1. The third-order valence-electron chi connectivity index (χ3n) is 4.08. The van der Waals surface area contributed by atoms with E-state index in [1.165, 1.54) is 4.88 Å². The van der Waals surface area contributed by atoms with Crippen LogP contribution in [-0.2, 0) is 11.2 Å². The number of rotatable bonds is 4. The summed E-state index contributed by atoms with van der Waals surface area (Å²) in [4.78, 5) is 18.2. The van der Waals surface area contributed by atoms with Gasteiger partial charge < -0.3 is 10.6 Å². The van der Waals surface area contributed by atoms with Crippen LogP contribution in [0.3, 0.4) is 0 Å². The molecule has 4 nitrogen and oxygen atoms in total. The van der Waals surface area contributed by atoms with Crippen LogP contribution in [-0.4, -0.2) is 24.0 Å². The zero-order valence-corrected chi connectivity index (χ0v) is 12.8. The van der Waals surface area contributed by atoms with Crippen LogP contribution in [0.15, 0.2) is 0 Å². The van der Waals surface area contributed by atoms with Crippen LogP contribution in [0.25, 0.3) is 0 Å². The third kappa shape index (κ3) is 2.98. The minimum Gasteiger partial charge on any atom is -0.316 e. The number of aromatic nitrogens is 1. The first-order valence-electron chi connectivity index (χ1n) is 7.10. The van der Waals surface area contributed by atoms with Gasteiger partial charge in [-0.25, -0.2) is 4.98 Å². The number of anilines is 1. The molecule has 1 aromatic rings. The lowest BCUT2D eigenvalue weighted by molar-refractivity contribution is -0.126. The fraction of sp³-hybridized carbons (Fsp3) is 0.714. The molecule has 1 fully saturated rings. The number of hydrogen-bond donors (Lipinski definition) is 2. The first-order chi connectivity index (χ1) is 9.11. The highest BCUT2D eigenvalue weighted by Crippen LogP contribution is 2.32. The second kappa shape index (κ2) is 6.01. The van der Waals surface area contributed by atoms with Gasteiger partial charge in [0.1, 0.15) is 0 Å². The smallest absolute Gasteiger partial charge is 0.233 e. The van der Waals surface area contributed by atoms with Gasteiger partial charge in [-0.2, -0.15) is 0 Å². The molecule has 2 heterocycles. The quantitative estimate of drug-likeness (QED) is 0.892. The Morgan fingerprint density at radius 1 is 1.53 bits per heavy atom. The van der Waals surface area contributed by atoms with E-state index in [-0.39, 0.29) is 11.3 Å². The summed E-state index contributed by atoms with van der Waals surface area (Å²) in [5, 5.41) is 7.12. The fourth-order valence-electron chi connectivity index (χ4n) is 2.66. The van der Waals surface area contributed by atoms with Crippen molar-refractivity contribution in [2.45, 2.75) is 46.5 Å². The lowest BCUT2D eigenvalue weighted by atomic mass is 9.77. The minimum absolute atomic E-state index is 0.124. The molecule has 1 amide bonds. The van der Waals surface area contributed by atoms with Gasteiger partial charge in [-0.3, -0.25) is 4.79 Å². The van der Waals surface area contributed by atoms with Gasteiger partial charge in [0.05, 0.1) is 11.1 Å². The maximum atomic E-state index is 12.5. The molecule has 0 radical (unpaired) electrons. The SMILES string of the molecule is CCc1nc(NC(=O)C2(CC)CCCNC2)sc1C. The van der Waals surface area contributed by atoms with Crippen molar-refractivity contribution in [3.63, 3.8) is 0 Å². The van der Waals surface area contributed by atoms with E-state index in [9.17, 15) is 4.79 Å². The van der Waals surface area contributed by atoms with Crippen LogP contribution >= 0.6 is 11.3 Å². The molecule has 19 heavy (non-hydrogen) atoms. The molecule has 0 aromatic carbocycles. The predicted molar refractivity (Wildman–Crippen MR) is 79.7 cm³/mol. The molecule has 1 aliphatic heterocycles. The van der Waals surface area contributed by atoms with Gasteiger partial charge in [-0.1, -0.05) is 13.8 Å². The molecular formula is C14H23N3OS. The molecule has 2 N–H and O–H groups in total. The highest BCUT2D eigenvalue weighted by atomic mass is 32.1. The normalized spacial score (nSPS) is 23.3. The summed E-state index contributed by atoms with van der Waals surface area (Å²) < 4.78 is 0. The number of thiazole rings is 1. The summed E-state index contributed by atoms with van der Waals surface area (Å²) in [6, 6.07) is 0. The summed E-state index contributed by atoms with van der Waals surface area (Å²) in [6.45, 7) is 8.04. The summed E-state index contributed by atoms with van der Waals surface area (Å²) in [7, 11) is 0. The summed E-state index contributed by atoms with van der Waals surface area (Å²) >= 11 is 1.58. The minimum atomic E-state index is -0.260. The van der Waals surface area contributed by atoms with Crippen molar-refractivity contribution in [2.24, 2.45) is 5.41 Å². The average Bonchev–Trinajstić information content (AvgIpc) is 2.79. The van der Waals surface area contributed by atoms with Gasteiger partial charge in [-0.05, 0) is 39.2 Å². The van der Waals surface area contributed by atoms with Crippen LogP contribution in [0, 0.1) is 12.3 Å². The van der Waals surface area contributed by atoms with Gasteiger partial charge >= 0.3 is 0 Å². The van der Waals surface area contributed by atoms with Gasteiger partial charge in [-0.15, -0.1) is 11.3 Å². The molecule has 0 spiro atoms. The lowest BCUT2D eigenvalue weighted by Crippen LogP contribution is -2.47. The van der Waals surface area contributed by atoms with Crippen molar-refractivity contribution < 1.29 is 4.79 Å². The third-order valence-corrected chi connectivity index (χ3v) is 5.01. The van der Waals surface area contributed by atoms with E-state index >= 15 is 0 Å². The van der Waals surface area contributed by atoms with Crippen molar-refractivity contribution in [2.75, 3.05) is 18.4 Å². The standard InChI is InChI=1S/C14H23N3OS/c1-4-11-10(3)19-13(16-11)17-12(18)14(5-2)7-6-8-15-9-14/h15H,4-9H2,1-3H3,(H,16,17,18). The Labute approximate surface area is 119 Å². The monoisotopic (exact) mass is 281 g/mol. The van der Waals surface area contributed by atoms with Gasteiger partial charge in [0, 0.05) is 11.4 Å². The van der Waals surface area contributed by atoms with Crippen LogP contribution in [0.2, 0.25) is 0 Å². The Morgan fingerprint density at radius 3 is 2.84 bits per heavy atom. The van der Waals surface area contributed by atoms with E-state index in [1.54, 1.807) is 11.3 Å². The topological polar surface area (TPSA) is 54.0 Å². The molecule has 5 heteroatoms. The number of carbonyl (C=O) groups is 1. The highest BCUT2D eigenvalue weighted by Gasteiger charge is 2.38. The molecule has 0 saturated carbocycles.